The molecule has 0 aliphatic heterocycles. The SMILES string of the molecule is CCCC1CCC(c2ccc(CC(=O)C3CCC(C)CC3=O)cc2)CC1.CCCC1CCC(c2ccc(CC(=O)C3CCC(CC)CC3=O)cc2)CC1.CCCC1CCC(c2ccc(CC(=O)C3CCC(CCC)CC3=O)cc2)CC1.CCCCCC1CCC(C(=O)Cc2ccc(C3CCC(CCC)CC3)cc2)C(=O)C1.CCCCCCCC1CCC(C(=O)Cc2ccc(C3CCC(CCC)CC3)cc2)C(=O)C1. The van der Waals surface area contributed by atoms with E-state index in [1.54, 1.807) is 0 Å². The zero-order valence-electron chi connectivity index (χ0n) is 91.7. The van der Waals surface area contributed by atoms with Crippen LogP contribution in [0.5, 0.6) is 0 Å². The molecule has 5 aromatic carbocycles. The Morgan fingerprint density at radius 3 is 0.608 bits per heavy atom. The molecule has 0 radical (unpaired) electrons. The number of ketones is 10. The molecule has 10 nitrogen and oxygen atoms in total. The lowest BCUT2D eigenvalue weighted by Gasteiger charge is -2.28. The van der Waals surface area contributed by atoms with Gasteiger partial charge < -0.3 is 0 Å². The molecular formula is C133H196O10. The average molecular weight is 1960 g/mol. The third kappa shape index (κ3) is 38.1. The maximum atomic E-state index is 12.9. The highest BCUT2D eigenvalue weighted by Crippen LogP contribution is 2.46. The summed E-state index contributed by atoms with van der Waals surface area (Å²) in [5.74, 6) is 10.4. The van der Waals surface area contributed by atoms with Gasteiger partial charge in [-0.3, -0.25) is 47.9 Å². The highest BCUT2D eigenvalue weighted by molar-refractivity contribution is 6.06. The summed E-state index contributed by atoms with van der Waals surface area (Å²) in [5, 5.41) is 0. The smallest absolute Gasteiger partial charge is 0.147 e. The standard InChI is InChI=1S/C30H46O2.C28H42O2.C26H38O2.C25H36O2.C24H34O2/c1-3-5-6-7-8-10-24-15-20-28(29(31)21-24)30(32)22-25-13-18-27(19-14-25)26-16-11-23(9-4-2)12-17-26;1-3-5-6-8-22-13-18-26(27(29)19-22)28(30)20-23-11-16-25(17-12-23)24-14-9-21(7-4-2)10-15-24;1-3-5-19-7-12-22(13-8-19)23-14-9-21(10-15-23)18-26(28)24-16-11-20(6-4-2)17-25(24)27;1-3-5-19-6-11-21(12-7-19)22-13-8-20(9-14-22)17-25(27)23-15-10-18(4-2)16-24(23)26;1-3-4-18-6-10-20(11-7-18)21-12-8-19(9-13-21)16-24(26)22-14-5-17(2)15-23(22)25/h13-14,18-19,23-24,26,28H,3-12,15-17,20-22H2,1-2H3;11-12,16-17,21-22,24,26H,3-10,13-15,18-20H2,1-2H3;9-10,14-15,19-20,22,24H,3-8,11-13,16-18H2,1-2H3;8-9,13-14,18-19,21,23H,3-7,10-12,15-17H2,1-2H3;8-9,12-13,17-18,20,22H,3-7,10-11,14-16H2,1-2H3. The monoisotopic (exact) mass is 1950 g/mol. The quantitative estimate of drug-likeness (QED) is 0.0270. The molecule has 788 valence electrons. The van der Waals surface area contributed by atoms with Crippen molar-refractivity contribution in [3.63, 3.8) is 0 Å². The molecule has 0 amide bonds. The van der Waals surface area contributed by atoms with Gasteiger partial charge in [-0.1, -0.05) is 338 Å². The molecule has 5 aromatic rings. The Hall–Kier alpha value is -7.20. The average Bonchev–Trinajstić information content (AvgIpc) is 0.843. The van der Waals surface area contributed by atoms with Crippen molar-refractivity contribution in [1.29, 1.82) is 0 Å². The number of unbranched alkanes of at least 4 members (excludes halogenated alkanes) is 6. The molecule has 10 aliphatic rings. The number of rotatable bonds is 43. The van der Waals surface area contributed by atoms with E-state index in [1.165, 1.54) is 272 Å². The van der Waals surface area contributed by atoms with E-state index in [4.69, 9.17) is 0 Å². The number of carbonyl (C=O) groups is 10. The van der Waals surface area contributed by atoms with Crippen LogP contribution >= 0.6 is 0 Å². The van der Waals surface area contributed by atoms with Crippen molar-refractivity contribution in [2.24, 2.45) is 88.8 Å². The minimum Gasteiger partial charge on any atom is -0.299 e. The molecule has 10 aliphatic carbocycles. The van der Waals surface area contributed by atoms with E-state index < -0.39 is 0 Å². The first-order valence-corrected chi connectivity index (χ1v) is 60.2. The molecule has 0 heterocycles. The zero-order chi connectivity index (χ0) is 102. The Kier molecular flexibility index (Phi) is 51.1. The Morgan fingerprint density at radius 2 is 0.385 bits per heavy atom. The van der Waals surface area contributed by atoms with Gasteiger partial charge >= 0.3 is 0 Å². The molecule has 143 heavy (non-hydrogen) atoms. The highest BCUT2D eigenvalue weighted by Gasteiger charge is 2.40. The normalized spacial score (nSPS) is 27.9. The van der Waals surface area contributed by atoms with Crippen molar-refractivity contribution in [1.82, 2.24) is 0 Å². The van der Waals surface area contributed by atoms with Crippen LogP contribution in [-0.2, 0) is 80.0 Å². The molecule has 0 spiro atoms. The van der Waals surface area contributed by atoms with Gasteiger partial charge in [-0.25, -0.2) is 0 Å². The maximum Gasteiger partial charge on any atom is 0.147 e. The summed E-state index contributed by atoms with van der Waals surface area (Å²) < 4.78 is 0. The minimum absolute atomic E-state index is 0.120. The van der Waals surface area contributed by atoms with Gasteiger partial charge in [-0.15, -0.1) is 0 Å². The molecule has 10 saturated carbocycles. The summed E-state index contributed by atoms with van der Waals surface area (Å²) in [6.45, 7) is 22.3. The minimum atomic E-state index is -0.347. The second-order valence-corrected chi connectivity index (χ2v) is 47.9. The van der Waals surface area contributed by atoms with Crippen LogP contribution < -0.4 is 0 Å². The Morgan fingerprint density at radius 1 is 0.196 bits per heavy atom. The first-order chi connectivity index (χ1) is 69.5. The number of hydrogen-bond donors (Lipinski definition) is 0. The van der Waals surface area contributed by atoms with Crippen LogP contribution in [0.3, 0.4) is 0 Å². The summed E-state index contributed by atoms with van der Waals surface area (Å²) in [6, 6.07) is 43.5. The third-order valence-electron chi connectivity index (χ3n) is 36.9. The largest absolute Gasteiger partial charge is 0.299 e. The fourth-order valence-electron chi connectivity index (χ4n) is 27.6. The predicted molar refractivity (Wildman–Crippen MR) is 591 cm³/mol. The van der Waals surface area contributed by atoms with E-state index in [2.05, 4.69) is 191 Å². The van der Waals surface area contributed by atoms with E-state index in [0.29, 0.717) is 123 Å². The van der Waals surface area contributed by atoms with Crippen molar-refractivity contribution in [2.75, 3.05) is 0 Å². The molecule has 10 unspecified atom stereocenters. The lowest BCUT2D eigenvalue weighted by atomic mass is 9.76. The van der Waals surface area contributed by atoms with Crippen molar-refractivity contribution in [3.8, 4) is 0 Å². The van der Waals surface area contributed by atoms with Crippen LogP contribution in [0.1, 0.15) is 527 Å². The van der Waals surface area contributed by atoms with E-state index in [9.17, 15) is 47.9 Å². The van der Waals surface area contributed by atoms with Gasteiger partial charge in [0.1, 0.15) is 57.8 Å². The molecule has 15 rings (SSSR count). The summed E-state index contributed by atoms with van der Waals surface area (Å²) in [6.07, 6.45) is 70.0. The lowest BCUT2D eigenvalue weighted by molar-refractivity contribution is -0.136. The van der Waals surface area contributed by atoms with Gasteiger partial charge in [0.15, 0.2) is 0 Å². The third-order valence-corrected chi connectivity index (χ3v) is 36.9. The maximum absolute atomic E-state index is 12.9. The molecule has 0 saturated heterocycles. The van der Waals surface area contributed by atoms with Crippen LogP contribution in [0, 0.1) is 88.8 Å². The van der Waals surface area contributed by atoms with Gasteiger partial charge in [0, 0.05) is 64.2 Å². The van der Waals surface area contributed by atoms with Crippen LogP contribution in [0.25, 0.3) is 0 Å². The zero-order valence-corrected chi connectivity index (χ0v) is 91.7. The Bertz CT molecular complexity index is 4580. The van der Waals surface area contributed by atoms with Crippen molar-refractivity contribution >= 4 is 57.8 Å². The fraction of sp³-hybridized carbons (Fsp3) is 0.699. The van der Waals surface area contributed by atoms with E-state index in [1.807, 2.05) is 0 Å². The van der Waals surface area contributed by atoms with E-state index in [0.717, 1.165) is 154 Å². The second kappa shape index (κ2) is 62.9. The molecule has 0 aromatic heterocycles. The summed E-state index contributed by atoms with van der Waals surface area (Å²) >= 11 is 0. The molecule has 10 atom stereocenters. The summed E-state index contributed by atoms with van der Waals surface area (Å²) in [4.78, 5) is 126. The van der Waals surface area contributed by atoms with Gasteiger partial charge in [-0.2, -0.15) is 0 Å². The first-order valence-electron chi connectivity index (χ1n) is 60.2. The van der Waals surface area contributed by atoms with E-state index in [-0.39, 0.29) is 87.4 Å². The van der Waals surface area contributed by atoms with Crippen molar-refractivity contribution in [2.45, 2.75) is 503 Å². The number of carbonyl (C=O) groups excluding carboxylic acids is 10. The predicted octanol–water partition coefficient (Wildman–Crippen LogP) is 34.5. The summed E-state index contributed by atoms with van der Waals surface area (Å²) in [7, 11) is 0. The van der Waals surface area contributed by atoms with Gasteiger partial charge in [-0.05, 0) is 337 Å². The summed E-state index contributed by atoms with van der Waals surface area (Å²) in [5.41, 5.74) is 12.5. The lowest BCUT2D eigenvalue weighted by Crippen LogP contribution is -2.32. The van der Waals surface area contributed by atoms with Gasteiger partial charge in [0.05, 0.1) is 29.6 Å². The van der Waals surface area contributed by atoms with Crippen LogP contribution in [-0.4, -0.2) is 57.8 Å². The van der Waals surface area contributed by atoms with Crippen molar-refractivity contribution < 1.29 is 47.9 Å². The van der Waals surface area contributed by atoms with Crippen molar-refractivity contribution in [3.05, 3.63) is 177 Å². The fourth-order valence-corrected chi connectivity index (χ4v) is 27.6. The Labute approximate surface area is 869 Å². The van der Waals surface area contributed by atoms with Gasteiger partial charge in [0.25, 0.3) is 0 Å². The Balaban J connectivity index is 0.000000171. The molecule has 0 bridgehead atoms. The van der Waals surface area contributed by atoms with E-state index >= 15 is 0 Å². The molecule has 10 fully saturated rings. The van der Waals surface area contributed by atoms with Crippen LogP contribution in [0.2, 0.25) is 0 Å². The topological polar surface area (TPSA) is 171 Å². The second-order valence-electron chi connectivity index (χ2n) is 47.9. The van der Waals surface area contributed by atoms with Crippen LogP contribution in [0.4, 0.5) is 0 Å². The highest BCUT2D eigenvalue weighted by atomic mass is 16.2. The molecule has 0 N–H and O–H groups in total. The molecular weight excluding hydrogens is 1760 g/mol. The first kappa shape index (κ1) is 116. The van der Waals surface area contributed by atoms with Gasteiger partial charge in [0.2, 0.25) is 0 Å². The number of benzene rings is 5. The number of hydrogen-bond acceptors (Lipinski definition) is 10. The number of Topliss-reactive ketones (excluding diaryl/α,β-unsaturated/α-hetero) is 10. The van der Waals surface area contributed by atoms with Crippen LogP contribution in [0.15, 0.2) is 121 Å². The molecule has 10 heteroatoms.